The van der Waals surface area contributed by atoms with Crippen molar-refractivity contribution in [3.8, 4) is 0 Å². The molecule has 1 atom stereocenters. The van der Waals surface area contributed by atoms with Gasteiger partial charge in [-0.25, -0.2) is 0 Å². The van der Waals surface area contributed by atoms with Crippen molar-refractivity contribution in [2.45, 2.75) is 44.9 Å². The van der Waals surface area contributed by atoms with Crippen LogP contribution in [0.3, 0.4) is 0 Å². The van der Waals surface area contributed by atoms with Gasteiger partial charge in [-0.2, -0.15) is 0 Å². The Bertz CT molecular complexity index is 295. The first-order valence-corrected chi connectivity index (χ1v) is 5.50. The highest BCUT2D eigenvalue weighted by molar-refractivity contribution is 5.92. The molecule has 0 spiro atoms. The second kappa shape index (κ2) is 5.46. The molecule has 0 rings (SSSR count). The third-order valence-corrected chi connectivity index (χ3v) is 2.68. The van der Waals surface area contributed by atoms with Crippen molar-refractivity contribution in [3.63, 3.8) is 0 Å². The van der Waals surface area contributed by atoms with E-state index in [-0.39, 0.29) is 5.91 Å². The molecule has 0 saturated heterocycles. The summed E-state index contributed by atoms with van der Waals surface area (Å²) in [6.45, 7) is 6.32. The molecule has 6 nitrogen and oxygen atoms in total. The fourth-order valence-electron chi connectivity index (χ4n) is 1.13. The standard InChI is InChI=1S/C11H23N3O3/c1-10(2,13-6)9(16)14-7(8(15)12-5)11(3,4)17/h7,13,17H,1-6H3,(H,12,15)(H,14,16)/t7-/m1/s1. The normalized spacial score (nSPS) is 14.1. The highest BCUT2D eigenvalue weighted by Gasteiger charge is 2.37. The zero-order valence-electron chi connectivity index (χ0n) is 11.3. The van der Waals surface area contributed by atoms with Crippen LogP contribution < -0.4 is 16.0 Å². The van der Waals surface area contributed by atoms with Crippen LogP contribution in [0.5, 0.6) is 0 Å². The lowest BCUT2D eigenvalue weighted by Crippen LogP contribution is -2.62. The van der Waals surface area contributed by atoms with E-state index in [1.165, 1.54) is 20.9 Å². The van der Waals surface area contributed by atoms with E-state index in [1.807, 2.05) is 0 Å². The van der Waals surface area contributed by atoms with E-state index in [0.717, 1.165) is 0 Å². The van der Waals surface area contributed by atoms with Gasteiger partial charge >= 0.3 is 0 Å². The Kier molecular flexibility index (Phi) is 5.10. The van der Waals surface area contributed by atoms with Gasteiger partial charge in [0, 0.05) is 7.05 Å². The molecule has 0 unspecified atom stereocenters. The summed E-state index contributed by atoms with van der Waals surface area (Å²) in [5.74, 6) is -0.784. The molecule has 100 valence electrons. The van der Waals surface area contributed by atoms with Gasteiger partial charge in [-0.1, -0.05) is 0 Å². The van der Waals surface area contributed by atoms with Gasteiger partial charge in [0.25, 0.3) is 0 Å². The van der Waals surface area contributed by atoms with E-state index < -0.39 is 23.1 Å². The van der Waals surface area contributed by atoms with E-state index in [1.54, 1.807) is 20.9 Å². The molecule has 0 saturated carbocycles. The van der Waals surface area contributed by atoms with Crippen molar-refractivity contribution in [1.82, 2.24) is 16.0 Å². The van der Waals surface area contributed by atoms with Crippen LogP contribution in [-0.4, -0.2) is 48.2 Å². The van der Waals surface area contributed by atoms with Crippen molar-refractivity contribution >= 4 is 11.8 Å². The number of rotatable bonds is 5. The topological polar surface area (TPSA) is 90.5 Å². The summed E-state index contributed by atoms with van der Waals surface area (Å²) in [5.41, 5.74) is -2.14. The highest BCUT2D eigenvalue weighted by atomic mass is 16.3. The van der Waals surface area contributed by atoms with Crippen LogP contribution in [0.1, 0.15) is 27.7 Å². The molecule has 0 fully saturated rings. The summed E-state index contributed by atoms with van der Waals surface area (Å²) >= 11 is 0. The zero-order chi connectivity index (χ0) is 13.9. The summed E-state index contributed by atoms with van der Waals surface area (Å²) in [6.07, 6.45) is 0. The molecule has 0 aliphatic carbocycles. The Balaban J connectivity index is 4.91. The lowest BCUT2D eigenvalue weighted by Gasteiger charge is -2.32. The second-order valence-electron chi connectivity index (χ2n) is 5.05. The number of amides is 2. The number of aliphatic hydroxyl groups is 1. The molecule has 0 aliphatic heterocycles. The van der Waals surface area contributed by atoms with Gasteiger partial charge < -0.3 is 21.1 Å². The van der Waals surface area contributed by atoms with Gasteiger partial charge in [0.1, 0.15) is 6.04 Å². The fraction of sp³-hybridized carbons (Fsp3) is 0.818. The molecule has 6 heteroatoms. The fourth-order valence-corrected chi connectivity index (χ4v) is 1.13. The number of hydrogen-bond donors (Lipinski definition) is 4. The molecule has 17 heavy (non-hydrogen) atoms. The number of nitrogens with one attached hydrogen (secondary N) is 3. The van der Waals surface area contributed by atoms with Crippen LogP contribution in [0, 0.1) is 0 Å². The van der Waals surface area contributed by atoms with Crippen LogP contribution in [0.2, 0.25) is 0 Å². The van der Waals surface area contributed by atoms with Gasteiger partial charge in [-0.05, 0) is 34.7 Å². The number of carbonyl (C=O) groups is 2. The van der Waals surface area contributed by atoms with Gasteiger partial charge in [-0.3, -0.25) is 9.59 Å². The number of likely N-dealkylation sites (N-methyl/N-ethyl adjacent to an activating group) is 2. The van der Waals surface area contributed by atoms with Crippen LogP contribution in [-0.2, 0) is 9.59 Å². The van der Waals surface area contributed by atoms with Gasteiger partial charge in [0.2, 0.25) is 11.8 Å². The lowest BCUT2D eigenvalue weighted by atomic mass is 9.96. The average Bonchev–Trinajstić information content (AvgIpc) is 2.22. The van der Waals surface area contributed by atoms with Crippen molar-refractivity contribution in [1.29, 1.82) is 0 Å². The van der Waals surface area contributed by atoms with Crippen molar-refractivity contribution in [2.24, 2.45) is 0 Å². The summed E-state index contributed by atoms with van der Waals surface area (Å²) in [4.78, 5) is 23.5. The first kappa shape index (κ1) is 15.9. The molecule has 2 amide bonds. The molecule has 0 aliphatic rings. The maximum Gasteiger partial charge on any atom is 0.245 e. The molecule has 0 aromatic rings. The molecule has 0 heterocycles. The second-order valence-corrected chi connectivity index (χ2v) is 5.05. The smallest absolute Gasteiger partial charge is 0.245 e. The largest absolute Gasteiger partial charge is 0.388 e. The van der Waals surface area contributed by atoms with Crippen LogP contribution in [0.25, 0.3) is 0 Å². The van der Waals surface area contributed by atoms with Gasteiger partial charge in [0.05, 0.1) is 11.1 Å². The Morgan fingerprint density at radius 3 is 1.88 bits per heavy atom. The Hall–Kier alpha value is -1.14. The minimum Gasteiger partial charge on any atom is -0.388 e. The molecular weight excluding hydrogens is 222 g/mol. The summed E-state index contributed by atoms with van der Waals surface area (Å²) in [7, 11) is 3.11. The lowest BCUT2D eigenvalue weighted by molar-refractivity contribution is -0.137. The number of carbonyl (C=O) groups excluding carboxylic acids is 2. The monoisotopic (exact) mass is 245 g/mol. The average molecular weight is 245 g/mol. The summed E-state index contributed by atoms with van der Waals surface area (Å²) in [5, 5.41) is 17.6. The maximum atomic E-state index is 11.9. The predicted molar refractivity (Wildman–Crippen MR) is 65.4 cm³/mol. The van der Waals surface area contributed by atoms with Crippen molar-refractivity contribution < 1.29 is 14.7 Å². The van der Waals surface area contributed by atoms with E-state index >= 15 is 0 Å². The van der Waals surface area contributed by atoms with Crippen LogP contribution in [0.15, 0.2) is 0 Å². The summed E-state index contributed by atoms with van der Waals surface area (Å²) in [6, 6.07) is -0.993. The molecule has 0 aromatic heterocycles. The highest BCUT2D eigenvalue weighted by Crippen LogP contribution is 2.11. The van der Waals surface area contributed by atoms with Crippen LogP contribution in [0.4, 0.5) is 0 Å². The third-order valence-electron chi connectivity index (χ3n) is 2.68. The molecule has 0 radical (unpaired) electrons. The maximum absolute atomic E-state index is 11.9. The third kappa shape index (κ3) is 4.32. The molecular formula is C11H23N3O3. The Morgan fingerprint density at radius 2 is 1.59 bits per heavy atom. The molecule has 0 bridgehead atoms. The van der Waals surface area contributed by atoms with Crippen LogP contribution >= 0.6 is 0 Å². The van der Waals surface area contributed by atoms with E-state index in [9.17, 15) is 14.7 Å². The van der Waals surface area contributed by atoms with Crippen molar-refractivity contribution in [3.05, 3.63) is 0 Å². The molecule has 4 N–H and O–H groups in total. The predicted octanol–water partition coefficient (Wildman–Crippen LogP) is -1.01. The molecule has 0 aromatic carbocycles. The van der Waals surface area contributed by atoms with Crippen molar-refractivity contribution in [2.75, 3.05) is 14.1 Å². The SMILES string of the molecule is CNC(=O)[C@@H](NC(=O)C(C)(C)NC)C(C)(C)O. The Morgan fingerprint density at radius 1 is 1.12 bits per heavy atom. The first-order valence-electron chi connectivity index (χ1n) is 5.50. The summed E-state index contributed by atoms with van der Waals surface area (Å²) < 4.78 is 0. The van der Waals surface area contributed by atoms with E-state index in [4.69, 9.17) is 0 Å². The minimum absolute atomic E-state index is 0.351. The van der Waals surface area contributed by atoms with Gasteiger partial charge in [0.15, 0.2) is 0 Å². The first-order chi connectivity index (χ1) is 7.56. The minimum atomic E-state index is -1.33. The van der Waals surface area contributed by atoms with E-state index in [2.05, 4.69) is 16.0 Å². The Labute approximate surface area is 102 Å². The quantitative estimate of drug-likeness (QED) is 0.499. The van der Waals surface area contributed by atoms with E-state index in [0.29, 0.717) is 0 Å². The number of hydrogen-bond acceptors (Lipinski definition) is 4. The zero-order valence-corrected chi connectivity index (χ0v) is 11.3. The van der Waals surface area contributed by atoms with Gasteiger partial charge in [-0.15, -0.1) is 0 Å².